The van der Waals surface area contributed by atoms with Crippen molar-refractivity contribution in [3.05, 3.63) is 33.3 Å². The minimum Gasteiger partial charge on any atom is -0.329 e. The van der Waals surface area contributed by atoms with Crippen LogP contribution in [0.15, 0.2) is 22.7 Å². The molecule has 5 heteroatoms. The van der Waals surface area contributed by atoms with Crippen molar-refractivity contribution in [2.45, 2.75) is 24.9 Å². The molecule has 112 valence electrons. The summed E-state index contributed by atoms with van der Waals surface area (Å²) in [4.78, 5) is 4.82. The molecule has 1 fully saturated rings. The van der Waals surface area contributed by atoms with E-state index in [1.165, 1.54) is 18.4 Å². The Hall–Kier alpha value is -0.130. The molecule has 1 aromatic rings. The van der Waals surface area contributed by atoms with Gasteiger partial charge in [-0.25, -0.2) is 0 Å². The number of likely N-dealkylation sites (tertiary alicyclic amines) is 1. The minimum atomic E-state index is 0.270. The van der Waals surface area contributed by atoms with Gasteiger partial charge in [-0.15, -0.1) is 0 Å². The maximum atomic E-state index is 6.08. The van der Waals surface area contributed by atoms with Crippen molar-refractivity contribution in [2.75, 3.05) is 33.7 Å². The van der Waals surface area contributed by atoms with Crippen molar-refractivity contribution >= 4 is 27.5 Å². The molecule has 2 atom stereocenters. The topological polar surface area (TPSA) is 32.5 Å². The summed E-state index contributed by atoms with van der Waals surface area (Å²) >= 11 is 9.58. The molecule has 0 radical (unpaired) electrons. The van der Waals surface area contributed by atoms with E-state index < -0.39 is 0 Å². The van der Waals surface area contributed by atoms with Gasteiger partial charge in [0.1, 0.15) is 0 Å². The van der Waals surface area contributed by atoms with Gasteiger partial charge < -0.3 is 10.6 Å². The maximum Gasteiger partial charge on any atom is 0.0548 e. The second kappa shape index (κ2) is 7.23. The molecule has 0 amide bonds. The molecule has 1 aliphatic heterocycles. The SMILES string of the molecule is CN(C)C1CCCN(C(CN)c2ccc(Cl)c(Br)c2)C1. The second-order valence-electron chi connectivity index (χ2n) is 5.68. The minimum absolute atomic E-state index is 0.270. The summed E-state index contributed by atoms with van der Waals surface area (Å²) in [5.41, 5.74) is 7.28. The zero-order valence-corrected chi connectivity index (χ0v) is 14.5. The highest BCUT2D eigenvalue weighted by Crippen LogP contribution is 2.30. The first kappa shape index (κ1) is 16.2. The summed E-state index contributed by atoms with van der Waals surface area (Å²) < 4.78 is 0.941. The molecule has 1 heterocycles. The van der Waals surface area contributed by atoms with Gasteiger partial charge >= 0.3 is 0 Å². The van der Waals surface area contributed by atoms with Crippen LogP contribution in [0.25, 0.3) is 0 Å². The number of rotatable bonds is 4. The van der Waals surface area contributed by atoms with Crippen LogP contribution in [-0.2, 0) is 0 Å². The average molecular weight is 361 g/mol. The molecule has 20 heavy (non-hydrogen) atoms. The fraction of sp³-hybridized carbons (Fsp3) is 0.600. The lowest BCUT2D eigenvalue weighted by atomic mass is 9.99. The van der Waals surface area contributed by atoms with Crippen molar-refractivity contribution in [1.29, 1.82) is 0 Å². The van der Waals surface area contributed by atoms with Crippen LogP contribution in [0.2, 0.25) is 5.02 Å². The summed E-state index contributed by atoms with van der Waals surface area (Å²) in [6, 6.07) is 7.01. The molecule has 2 N–H and O–H groups in total. The molecule has 3 nitrogen and oxygen atoms in total. The van der Waals surface area contributed by atoms with Gasteiger partial charge in [-0.2, -0.15) is 0 Å². The van der Waals surface area contributed by atoms with E-state index >= 15 is 0 Å². The highest BCUT2D eigenvalue weighted by atomic mass is 79.9. The van der Waals surface area contributed by atoms with E-state index in [2.05, 4.69) is 52.0 Å². The Morgan fingerprint density at radius 2 is 2.25 bits per heavy atom. The molecule has 2 unspecified atom stereocenters. The highest BCUT2D eigenvalue weighted by molar-refractivity contribution is 9.10. The van der Waals surface area contributed by atoms with Gasteiger partial charge in [0.15, 0.2) is 0 Å². The second-order valence-corrected chi connectivity index (χ2v) is 6.94. The van der Waals surface area contributed by atoms with Crippen LogP contribution in [-0.4, -0.2) is 49.6 Å². The van der Waals surface area contributed by atoms with Gasteiger partial charge in [0, 0.05) is 29.6 Å². The molecule has 0 bridgehead atoms. The Balaban J connectivity index is 2.16. The van der Waals surface area contributed by atoms with Gasteiger partial charge in [-0.05, 0) is 67.1 Å². The zero-order valence-electron chi connectivity index (χ0n) is 12.1. The highest BCUT2D eigenvalue weighted by Gasteiger charge is 2.27. The average Bonchev–Trinajstić information content (AvgIpc) is 2.44. The molecule has 1 aromatic carbocycles. The summed E-state index contributed by atoms with van der Waals surface area (Å²) in [6.07, 6.45) is 2.50. The van der Waals surface area contributed by atoms with Crippen molar-refractivity contribution in [3.8, 4) is 0 Å². The van der Waals surface area contributed by atoms with Gasteiger partial charge in [0.25, 0.3) is 0 Å². The Kier molecular flexibility index (Phi) is 5.87. The molecule has 0 saturated carbocycles. The third-order valence-corrected chi connectivity index (χ3v) is 5.36. The molecule has 0 aliphatic carbocycles. The van der Waals surface area contributed by atoms with Crippen LogP contribution < -0.4 is 5.73 Å². The first-order chi connectivity index (χ1) is 9.52. The lowest BCUT2D eigenvalue weighted by Gasteiger charge is -2.40. The largest absolute Gasteiger partial charge is 0.329 e. The Labute approximate surface area is 135 Å². The van der Waals surface area contributed by atoms with Crippen molar-refractivity contribution in [3.63, 3.8) is 0 Å². The molecular weight excluding hydrogens is 338 g/mol. The molecule has 1 aliphatic rings. The van der Waals surface area contributed by atoms with E-state index in [4.69, 9.17) is 17.3 Å². The number of likely N-dealkylation sites (N-methyl/N-ethyl adjacent to an activating group) is 1. The maximum absolute atomic E-state index is 6.08. The zero-order chi connectivity index (χ0) is 14.7. The monoisotopic (exact) mass is 359 g/mol. The Morgan fingerprint density at radius 3 is 2.85 bits per heavy atom. The molecular formula is C15H23BrClN3. The Bertz CT molecular complexity index is 453. The fourth-order valence-corrected chi connectivity index (χ4v) is 3.42. The van der Waals surface area contributed by atoms with Crippen molar-refractivity contribution in [2.24, 2.45) is 5.73 Å². The lowest BCUT2D eigenvalue weighted by molar-refractivity contribution is 0.0984. The van der Waals surface area contributed by atoms with E-state index in [0.29, 0.717) is 12.6 Å². The van der Waals surface area contributed by atoms with Crippen LogP contribution in [0.1, 0.15) is 24.4 Å². The van der Waals surface area contributed by atoms with Crippen LogP contribution in [0.5, 0.6) is 0 Å². The normalized spacial score (nSPS) is 22.2. The number of halogens is 2. The molecule has 0 aromatic heterocycles. The molecule has 1 saturated heterocycles. The van der Waals surface area contributed by atoms with E-state index in [-0.39, 0.29) is 6.04 Å². The molecule has 0 spiro atoms. The quantitative estimate of drug-likeness (QED) is 0.895. The van der Waals surface area contributed by atoms with E-state index in [9.17, 15) is 0 Å². The number of hydrogen-bond donors (Lipinski definition) is 1. The predicted molar refractivity (Wildman–Crippen MR) is 89.2 cm³/mol. The first-order valence-electron chi connectivity index (χ1n) is 7.08. The standard InChI is InChI=1S/C15H23BrClN3/c1-19(2)12-4-3-7-20(10-12)15(9-18)11-5-6-14(17)13(16)8-11/h5-6,8,12,15H,3-4,7,9-10,18H2,1-2H3. The van der Waals surface area contributed by atoms with Crippen molar-refractivity contribution in [1.82, 2.24) is 9.80 Å². The van der Waals surface area contributed by atoms with Crippen LogP contribution >= 0.6 is 27.5 Å². The number of piperidine rings is 1. The van der Waals surface area contributed by atoms with Crippen LogP contribution in [0.3, 0.4) is 0 Å². The molecule has 2 rings (SSSR count). The number of benzene rings is 1. The van der Waals surface area contributed by atoms with Crippen LogP contribution in [0, 0.1) is 0 Å². The number of nitrogens with zero attached hydrogens (tertiary/aromatic N) is 2. The van der Waals surface area contributed by atoms with Gasteiger partial charge in [0.2, 0.25) is 0 Å². The van der Waals surface area contributed by atoms with Gasteiger partial charge in [-0.1, -0.05) is 17.7 Å². The summed E-state index contributed by atoms with van der Waals surface area (Å²) in [6.45, 7) is 2.83. The van der Waals surface area contributed by atoms with Gasteiger partial charge in [-0.3, -0.25) is 4.90 Å². The van der Waals surface area contributed by atoms with Gasteiger partial charge in [0.05, 0.1) is 5.02 Å². The summed E-state index contributed by atoms with van der Waals surface area (Å²) in [7, 11) is 4.31. The van der Waals surface area contributed by atoms with E-state index in [1.54, 1.807) is 0 Å². The third kappa shape index (κ3) is 3.74. The third-order valence-electron chi connectivity index (χ3n) is 4.15. The summed E-state index contributed by atoms with van der Waals surface area (Å²) in [5, 5.41) is 0.745. The number of nitrogens with two attached hydrogens (primary N) is 1. The smallest absolute Gasteiger partial charge is 0.0548 e. The lowest BCUT2D eigenvalue weighted by Crippen LogP contribution is -2.47. The Morgan fingerprint density at radius 1 is 1.50 bits per heavy atom. The predicted octanol–water partition coefficient (Wildman–Crippen LogP) is 3.13. The van der Waals surface area contributed by atoms with Crippen molar-refractivity contribution < 1.29 is 0 Å². The van der Waals surface area contributed by atoms with E-state index in [0.717, 1.165) is 22.6 Å². The van der Waals surface area contributed by atoms with Crippen LogP contribution in [0.4, 0.5) is 0 Å². The fourth-order valence-electron chi connectivity index (χ4n) is 2.90. The first-order valence-corrected chi connectivity index (χ1v) is 8.25. The number of hydrogen-bond acceptors (Lipinski definition) is 3. The summed E-state index contributed by atoms with van der Waals surface area (Å²) in [5.74, 6) is 0. The van der Waals surface area contributed by atoms with E-state index in [1.807, 2.05) is 6.07 Å².